The van der Waals surface area contributed by atoms with Crippen molar-refractivity contribution in [3.05, 3.63) is 28.8 Å². The zero-order valence-corrected chi connectivity index (χ0v) is 11.2. The second-order valence-corrected chi connectivity index (χ2v) is 4.51. The minimum atomic E-state index is -0.117. The van der Waals surface area contributed by atoms with Gasteiger partial charge < -0.3 is 10.6 Å². The van der Waals surface area contributed by atoms with Gasteiger partial charge in [0.1, 0.15) is 0 Å². The van der Waals surface area contributed by atoms with Gasteiger partial charge in [-0.25, -0.2) is 4.79 Å². The van der Waals surface area contributed by atoms with Crippen molar-refractivity contribution in [2.75, 3.05) is 11.9 Å². The van der Waals surface area contributed by atoms with Crippen LogP contribution in [0, 0.1) is 20.8 Å². The molecule has 0 bridgehead atoms. The van der Waals surface area contributed by atoms with Crippen molar-refractivity contribution < 1.29 is 4.79 Å². The smallest absolute Gasteiger partial charge is 0.319 e. The van der Waals surface area contributed by atoms with Crippen LogP contribution in [-0.2, 0) is 0 Å². The average molecular weight is 234 g/mol. The Labute approximate surface area is 104 Å². The van der Waals surface area contributed by atoms with Crippen LogP contribution in [0.2, 0.25) is 0 Å². The number of unbranched alkanes of at least 4 members (excludes halogenated alkanes) is 1. The Bertz CT molecular complexity index is 376. The van der Waals surface area contributed by atoms with Crippen LogP contribution in [0.3, 0.4) is 0 Å². The Morgan fingerprint density at radius 1 is 1.18 bits per heavy atom. The van der Waals surface area contributed by atoms with E-state index in [4.69, 9.17) is 0 Å². The van der Waals surface area contributed by atoms with E-state index in [1.54, 1.807) is 0 Å². The van der Waals surface area contributed by atoms with Crippen LogP contribution < -0.4 is 10.6 Å². The molecule has 3 heteroatoms. The Morgan fingerprint density at radius 2 is 1.76 bits per heavy atom. The summed E-state index contributed by atoms with van der Waals surface area (Å²) in [5, 5.41) is 5.77. The van der Waals surface area contributed by atoms with Gasteiger partial charge in [0.15, 0.2) is 0 Å². The van der Waals surface area contributed by atoms with Gasteiger partial charge in [0.05, 0.1) is 0 Å². The van der Waals surface area contributed by atoms with Gasteiger partial charge in [-0.1, -0.05) is 31.0 Å². The van der Waals surface area contributed by atoms with Crippen LogP contribution in [0.1, 0.15) is 36.5 Å². The van der Waals surface area contributed by atoms with Crippen LogP contribution in [0.4, 0.5) is 10.5 Å². The lowest BCUT2D eigenvalue weighted by Gasteiger charge is -2.13. The summed E-state index contributed by atoms with van der Waals surface area (Å²) in [6.45, 7) is 8.93. The second kappa shape index (κ2) is 6.28. The Morgan fingerprint density at radius 3 is 2.29 bits per heavy atom. The molecule has 3 nitrogen and oxygen atoms in total. The first-order valence-corrected chi connectivity index (χ1v) is 6.17. The van der Waals surface area contributed by atoms with Crippen LogP contribution in [0.15, 0.2) is 12.1 Å². The van der Waals surface area contributed by atoms with E-state index in [1.807, 2.05) is 13.8 Å². The molecule has 0 radical (unpaired) electrons. The molecule has 0 heterocycles. The number of benzene rings is 1. The topological polar surface area (TPSA) is 41.1 Å². The molecule has 2 amide bonds. The summed E-state index contributed by atoms with van der Waals surface area (Å²) < 4.78 is 0. The fourth-order valence-electron chi connectivity index (χ4n) is 1.91. The van der Waals surface area contributed by atoms with E-state index in [1.165, 1.54) is 5.56 Å². The predicted octanol–water partition coefficient (Wildman–Crippen LogP) is 3.53. The van der Waals surface area contributed by atoms with Crippen molar-refractivity contribution in [3.63, 3.8) is 0 Å². The number of hydrogen-bond acceptors (Lipinski definition) is 1. The number of urea groups is 1. The molecule has 0 saturated carbocycles. The zero-order chi connectivity index (χ0) is 12.8. The van der Waals surface area contributed by atoms with E-state index in [-0.39, 0.29) is 6.03 Å². The third-order valence-electron chi connectivity index (χ3n) is 2.73. The molecular formula is C14H22N2O. The molecule has 0 atom stereocenters. The van der Waals surface area contributed by atoms with Crippen molar-refractivity contribution in [1.29, 1.82) is 0 Å². The van der Waals surface area contributed by atoms with E-state index in [2.05, 4.69) is 36.6 Å². The predicted molar refractivity (Wildman–Crippen MR) is 72.6 cm³/mol. The highest BCUT2D eigenvalue weighted by Crippen LogP contribution is 2.21. The maximum absolute atomic E-state index is 11.7. The lowest BCUT2D eigenvalue weighted by molar-refractivity contribution is 0.252. The van der Waals surface area contributed by atoms with Gasteiger partial charge in [0.2, 0.25) is 0 Å². The number of amides is 2. The molecule has 2 N–H and O–H groups in total. The van der Waals surface area contributed by atoms with E-state index in [0.29, 0.717) is 0 Å². The maximum atomic E-state index is 11.7. The molecule has 0 aliphatic heterocycles. The van der Waals surface area contributed by atoms with Crippen LogP contribution >= 0.6 is 0 Å². The molecule has 94 valence electrons. The van der Waals surface area contributed by atoms with Gasteiger partial charge in [0.25, 0.3) is 0 Å². The Balaban J connectivity index is 2.65. The number of carbonyl (C=O) groups excluding carboxylic acids is 1. The lowest BCUT2D eigenvalue weighted by atomic mass is 10.1. The molecule has 0 unspecified atom stereocenters. The number of carbonyl (C=O) groups is 1. The lowest BCUT2D eigenvalue weighted by Crippen LogP contribution is -2.30. The molecule has 0 saturated heterocycles. The molecule has 0 aliphatic rings. The summed E-state index contributed by atoms with van der Waals surface area (Å²) in [4.78, 5) is 11.7. The molecule has 0 spiro atoms. The molecule has 1 aromatic carbocycles. The van der Waals surface area contributed by atoms with E-state index in [0.717, 1.165) is 36.2 Å². The Hall–Kier alpha value is -1.51. The van der Waals surface area contributed by atoms with Crippen LogP contribution in [0.5, 0.6) is 0 Å². The summed E-state index contributed by atoms with van der Waals surface area (Å²) in [5.41, 5.74) is 4.35. The SMILES string of the molecule is CCCCNC(=O)Nc1c(C)cc(C)cc1C. The van der Waals surface area contributed by atoms with Gasteiger partial charge in [-0.2, -0.15) is 0 Å². The van der Waals surface area contributed by atoms with Crippen molar-refractivity contribution in [2.45, 2.75) is 40.5 Å². The summed E-state index contributed by atoms with van der Waals surface area (Å²) in [6, 6.07) is 4.04. The highest BCUT2D eigenvalue weighted by Gasteiger charge is 2.07. The summed E-state index contributed by atoms with van der Waals surface area (Å²) >= 11 is 0. The standard InChI is InChI=1S/C14H22N2O/c1-5-6-7-15-14(17)16-13-11(3)8-10(2)9-12(13)4/h8-9H,5-7H2,1-4H3,(H2,15,16,17). The molecule has 1 aromatic rings. The first-order valence-electron chi connectivity index (χ1n) is 6.17. The largest absolute Gasteiger partial charge is 0.338 e. The van der Waals surface area contributed by atoms with Crippen molar-refractivity contribution in [3.8, 4) is 0 Å². The minimum Gasteiger partial charge on any atom is -0.338 e. The highest BCUT2D eigenvalue weighted by molar-refractivity contribution is 5.91. The number of anilines is 1. The molecule has 0 fully saturated rings. The molecule has 1 rings (SSSR count). The normalized spacial score (nSPS) is 10.1. The Kier molecular flexibility index (Phi) is 5.01. The van der Waals surface area contributed by atoms with Crippen molar-refractivity contribution >= 4 is 11.7 Å². The minimum absolute atomic E-state index is 0.117. The number of nitrogens with one attached hydrogen (secondary N) is 2. The molecule has 0 aromatic heterocycles. The average Bonchev–Trinajstić information content (AvgIpc) is 2.24. The monoisotopic (exact) mass is 234 g/mol. The maximum Gasteiger partial charge on any atom is 0.319 e. The summed E-state index contributed by atoms with van der Waals surface area (Å²) in [6.07, 6.45) is 2.10. The summed E-state index contributed by atoms with van der Waals surface area (Å²) in [5.74, 6) is 0. The number of rotatable bonds is 4. The van der Waals surface area contributed by atoms with Gasteiger partial charge >= 0.3 is 6.03 Å². The van der Waals surface area contributed by atoms with Crippen LogP contribution in [0.25, 0.3) is 0 Å². The second-order valence-electron chi connectivity index (χ2n) is 4.51. The van der Waals surface area contributed by atoms with E-state index >= 15 is 0 Å². The first-order chi connectivity index (χ1) is 8.04. The third kappa shape index (κ3) is 4.10. The number of hydrogen-bond donors (Lipinski definition) is 2. The number of aryl methyl sites for hydroxylation is 3. The fourth-order valence-corrected chi connectivity index (χ4v) is 1.91. The van der Waals surface area contributed by atoms with Crippen LogP contribution in [-0.4, -0.2) is 12.6 Å². The van der Waals surface area contributed by atoms with Gasteiger partial charge in [-0.15, -0.1) is 0 Å². The van der Waals surface area contributed by atoms with Crippen molar-refractivity contribution in [2.24, 2.45) is 0 Å². The first kappa shape index (κ1) is 13.6. The quantitative estimate of drug-likeness (QED) is 0.769. The zero-order valence-electron chi connectivity index (χ0n) is 11.2. The van der Waals surface area contributed by atoms with Gasteiger partial charge in [-0.05, 0) is 38.3 Å². The van der Waals surface area contributed by atoms with Crippen molar-refractivity contribution in [1.82, 2.24) is 5.32 Å². The van der Waals surface area contributed by atoms with E-state index in [9.17, 15) is 4.79 Å². The highest BCUT2D eigenvalue weighted by atomic mass is 16.2. The summed E-state index contributed by atoms with van der Waals surface area (Å²) in [7, 11) is 0. The van der Waals surface area contributed by atoms with Gasteiger partial charge in [0, 0.05) is 12.2 Å². The molecule has 0 aliphatic carbocycles. The third-order valence-corrected chi connectivity index (χ3v) is 2.73. The van der Waals surface area contributed by atoms with Gasteiger partial charge in [-0.3, -0.25) is 0 Å². The molecular weight excluding hydrogens is 212 g/mol. The fraction of sp³-hybridized carbons (Fsp3) is 0.500. The van der Waals surface area contributed by atoms with E-state index < -0.39 is 0 Å². The molecule has 17 heavy (non-hydrogen) atoms.